The van der Waals surface area contributed by atoms with Crippen LogP contribution in [0.5, 0.6) is 0 Å². The van der Waals surface area contributed by atoms with E-state index in [2.05, 4.69) is 11.8 Å². The first-order valence-corrected chi connectivity index (χ1v) is 4.07. The number of nitrogens with zero attached hydrogens (tertiary/aromatic N) is 1. The van der Waals surface area contributed by atoms with E-state index in [4.69, 9.17) is 0 Å². The van der Waals surface area contributed by atoms with E-state index >= 15 is 0 Å². The van der Waals surface area contributed by atoms with Crippen molar-refractivity contribution in [3.8, 4) is 0 Å². The molecule has 2 fully saturated rings. The van der Waals surface area contributed by atoms with Gasteiger partial charge in [-0.3, -0.25) is 0 Å². The van der Waals surface area contributed by atoms with Gasteiger partial charge in [0, 0.05) is 19.6 Å². The predicted molar refractivity (Wildman–Crippen MR) is 38.3 cm³/mol. The third kappa shape index (κ3) is 1.26. The maximum atomic E-state index is 2.59. The summed E-state index contributed by atoms with van der Waals surface area (Å²) in [4.78, 5) is 2.59. The monoisotopic (exact) mass is 125 g/mol. The van der Waals surface area contributed by atoms with E-state index in [-0.39, 0.29) is 0 Å². The average Bonchev–Trinajstić information content (AvgIpc) is 2.45. The minimum atomic E-state index is 0.990. The third-order valence-electron chi connectivity index (χ3n) is 2.35. The minimum absolute atomic E-state index is 0.990. The highest BCUT2D eigenvalue weighted by Gasteiger charge is 2.29. The quantitative estimate of drug-likeness (QED) is 0.538. The molecule has 0 spiro atoms. The average molecular weight is 125 g/mol. The lowest BCUT2D eigenvalue weighted by Crippen LogP contribution is -2.45. The van der Waals surface area contributed by atoms with Crippen LogP contribution in [0.15, 0.2) is 0 Å². The molecule has 0 bridgehead atoms. The Kier molecular flexibility index (Phi) is 1.26. The molecule has 0 N–H and O–H groups in total. The van der Waals surface area contributed by atoms with Crippen molar-refractivity contribution in [2.24, 2.45) is 11.8 Å². The third-order valence-corrected chi connectivity index (χ3v) is 2.35. The molecule has 0 atom stereocenters. The van der Waals surface area contributed by atoms with E-state index in [1.807, 2.05) is 0 Å². The van der Waals surface area contributed by atoms with Gasteiger partial charge in [-0.25, -0.2) is 0 Å². The van der Waals surface area contributed by atoms with E-state index in [9.17, 15) is 0 Å². The van der Waals surface area contributed by atoms with Crippen LogP contribution >= 0.6 is 0 Å². The molecule has 1 nitrogen and oxygen atoms in total. The van der Waals surface area contributed by atoms with Crippen molar-refractivity contribution >= 4 is 0 Å². The SMILES string of the molecule is CC1CN(CC2CC2)C1. The highest BCUT2D eigenvalue weighted by Crippen LogP contribution is 2.31. The van der Waals surface area contributed by atoms with Gasteiger partial charge in [0.25, 0.3) is 0 Å². The summed E-state index contributed by atoms with van der Waals surface area (Å²) in [5.74, 6) is 2.08. The second-order valence-electron chi connectivity index (χ2n) is 3.77. The zero-order valence-corrected chi connectivity index (χ0v) is 6.14. The summed E-state index contributed by atoms with van der Waals surface area (Å²) in [6.45, 7) is 6.49. The molecule has 0 radical (unpaired) electrons. The topological polar surface area (TPSA) is 3.24 Å². The lowest BCUT2D eigenvalue weighted by Gasteiger charge is -2.37. The predicted octanol–water partition coefficient (Wildman–Crippen LogP) is 1.35. The minimum Gasteiger partial charge on any atom is -0.302 e. The lowest BCUT2D eigenvalue weighted by molar-refractivity contribution is 0.107. The van der Waals surface area contributed by atoms with E-state index < -0.39 is 0 Å². The number of likely N-dealkylation sites (tertiary alicyclic amines) is 1. The number of hydrogen-bond acceptors (Lipinski definition) is 1. The van der Waals surface area contributed by atoms with Crippen molar-refractivity contribution in [2.75, 3.05) is 19.6 Å². The maximum Gasteiger partial charge on any atom is 0.00195 e. The van der Waals surface area contributed by atoms with Crippen LogP contribution in [0.3, 0.4) is 0 Å². The van der Waals surface area contributed by atoms with Crippen molar-refractivity contribution in [3.63, 3.8) is 0 Å². The van der Waals surface area contributed by atoms with Crippen LogP contribution in [0.2, 0.25) is 0 Å². The molecule has 1 aliphatic heterocycles. The Morgan fingerprint density at radius 2 is 2.00 bits per heavy atom. The van der Waals surface area contributed by atoms with E-state index in [1.165, 1.54) is 32.5 Å². The number of hydrogen-bond donors (Lipinski definition) is 0. The van der Waals surface area contributed by atoms with Crippen LogP contribution in [-0.2, 0) is 0 Å². The number of rotatable bonds is 2. The van der Waals surface area contributed by atoms with Gasteiger partial charge in [-0.15, -0.1) is 0 Å². The van der Waals surface area contributed by atoms with Crippen molar-refractivity contribution < 1.29 is 0 Å². The molecule has 0 aromatic rings. The molecule has 1 saturated carbocycles. The summed E-state index contributed by atoms with van der Waals surface area (Å²) in [5.41, 5.74) is 0. The summed E-state index contributed by atoms with van der Waals surface area (Å²) < 4.78 is 0. The van der Waals surface area contributed by atoms with Crippen molar-refractivity contribution in [3.05, 3.63) is 0 Å². The van der Waals surface area contributed by atoms with Crippen LogP contribution in [0.4, 0.5) is 0 Å². The van der Waals surface area contributed by atoms with Gasteiger partial charge in [0.2, 0.25) is 0 Å². The summed E-state index contributed by atoms with van der Waals surface area (Å²) in [6, 6.07) is 0. The van der Waals surface area contributed by atoms with Crippen molar-refractivity contribution in [1.29, 1.82) is 0 Å². The highest BCUT2D eigenvalue weighted by atomic mass is 15.2. The Morgan fingerprint density at radius 1 is 1.33 bits per heavy atom. The molecule has 52 valence electrons. The Labute approximate surface area is 57.0 Å². The Balaban J connectivity index is 1.64. The summed E-state index contributed by atoms with van der Waals surface area (Å²) >= 11 is 0. The summed E-state index contributed by atoms with van der Waals surface area (Å²) in [6.07, 6.45) is 3.01. The van der Waals surface area contributed by atoms with Gasteiger partial charge in [0.1, 0.15) is 0 Å². The first-order valence-electron chi connectivity index (χ1n) is 4.07. The maximum absolute atomic E-state index is 2.59. The molecule has 1 heteroatoms. The molecule has 1 heterocycles. The van der Waals surface area contributed by atoms with Crippen LogP contribution < -0.4 is 0 Å². The van der Waals surface area contributed by atoms with Crippen LogP contribution in [0.1, 0.15) is 19.8 Å². The van der Waals surface area contributed by atoms with Crippen LogP contribution in [0.25, 0.3) is 0 Å². The smallest absolute Gasteiger partial charge is 0.00195 e. The van der Waals surface area contributed by atoms with Gasteiger partial charge in [-0.2, -0.15) is 0 Å². The Hall–Kier alpha value is -0.0400. The van der Waals surface area contributed by atoms with Gasteiger partial charge in [-0.05, 0) is 24.7 Å². The Bertz CT molecular complexity index is 101. The first-order chi connectivity index (χ1) is 4.34. The fourth-order valence-corrected chi connectivity index (χ4v) is 1.64. The summed E-state index contributed by atoms with van der Waals surface area (Å²) in [7, 11) is 0. The molecule has 0 aromatic carbocycles. The van der Waals surface area contributed by atoms with Gasteiger partial charge >= 0.3 is 0 Å². The normalized spacial score (nSPS) is 30.3. The molecule has 0 unspecified atom stereocenters. The van der Waals surface area contributed by atoms with Crippen LogP contribution in [0, 0.1) is 11.8 Å². The molecular weight excluding hydrogens is 110 g/mol. The zero-order valence-electron chi connectivity index (χ0n) is 6.14. The highest BCUT2D eigenvalue weighted by molar-refractivity contribution is 4.83. The molecule has 1 saturated heterocycles. The molecular formula is C8H15N. The van der Waals surface area contributed by atoms with Gasteiger partial charge < -0.3 is 4.90 Å². The molecule has 9 heavy (non-hydrogen) atoms. The van der Waals surface area contributed by atoms with Gasteiger partial charge in [0.15, 0.2) is 0 Å². The Morgan fingerprint density at radius 3 is 2.44 bits per heavy atom. The second-order valence-corrected chi connectivity index (χ2v) is 3.77. The van der Waals surface area contributed by atoms with Crippen LogP contribution in [-0.4, -0.2) is 24.5 Å². The molecule has 0 aromatic heterocycles. The van der Waals surface area contributed by atoms with Crippen molar-refractivity contribution in [2.45, 2.75) is 19.8 Å². The standard InChI is InChI=1S/C8H15N/c1-7-4-9(5-7)6-8-2-3-8/h7-8H,2-6H2,1H3. The lowest BCUT2D eigenvalue weighted by atomic mass is 10.0. The van der Waals surface area contributed by atoms with Crippen molar-refractivity contribution in [1.82, 2.24) is 4.90 Å². The molecule has 1 aliphatic carbocycles. The molecule has 2 rings (SSSR count). The van der Waals surface area contributed by atoms with E-state index in [0.717, 1.165) is 11.8 Å². The first kappa shape index (κ1) is 5.72. The summed E-state index contributed by atoms with van der Waals surface area (Å²) in [5, 5.41) is 0. The molecule has 0 amide bonds. The molecule has 2 aliphatic rings. The van der Waals surface area contributed by atoms with Gasteiger partial charge in [-0.1, -0.05) is 6.92 Å². The fourth-order valence-electron chi connectivity index (χ4n) is 1.64. The van der Waals surface area contributed by atoms with Gasteiger partial charge in [0.05, 0.1) is 0 Å². The fraction of sp³-hybridized carbons (Fsp3) is 1.00. The van der Waals surface area contributed by atoms with E-state index in [0.29, 0.717) is 0 Å². The second kappa shape index (κ2) is 1.98. The van der Waals surface area contributed by atoms with E-state index in [1.54, 1.807) is 0 Å². The zero-order chi connectivity index (χ0) is 6.27. The largest absolute Gasteiger partial charge is 0.302 e.